The lowest BCUT2D eigenvalue weighted by Crippen LogP contribution is -2.09. The predicted molar refractivity (Wildman–Crippen MR) is 47.1 cm³/mol. The van der Waals surface area contributed by atoms with Crippen molar-refractivity contribution in [3.05, 3.63) is 35.9 Å². The molecule has 0 radical (unpaired) electrons. The molecule has 0 aliphatic rings. The molecule has 1 N–H and O–H groups in total. The first-order valence-corrected chi connectivity index (χ1v) is 4.36. The Balaban J connectivity index is 2.43. The van der Waals surface area contributed by atoms with Gasteiger partial charge in [-0.2, -0.15) is 0 Å². The molecular weight excluding hydrogens is 190 g/mol. The zero-order valence-electron chi connectivity index (χ0n) is 5.68. The summed E-state index contributed by atoms with van der Waals surface area (Å²) in [7, 11) is 0. The van der Waals surface area contributed by atoms with Gasteiger partial charge >= 0.3 is 0 Å². The molecule has 0 amide bonds. The summed E-state index contributed by atoms with van der Waals surface area (Å²) in [5.74, 6) is 0. The highest BCUT2D eigenvalue weighted by Crippen LogP contribution is 1.96. The third-order valence-corrected chi connectivity index (χ3v) is 1.66. The Labute approximate surface area is 69.6 Å². The molecule has 0 aromatic heterocycles. The average molecular weight is 200 g/mol. The van der Waals surface area contributed by atoms with E-state index in [1.165, 1.54) is 5.56 Å². The molecule has 0 bridgehead atoms. The van der Waals surface area contributed by atoms with Crippen molar-refractivity contribution in [3.8, 4) is 0 Å². The minimum atomic E-state index is 0.849. The Morgan fingerprint density at radius 3 is 2.50 bits per heavy atom. The van der Waals surface area contributed by atoms with Crippen molar-refractivity contribution in [2.45, 2.75) is 6.54 Å². The van der Waals surface area contributed by atoms with Crippen molar-refractivity contribution in [2.24, 2.45) is 0 Å². The van der Waals surface area contributed by atoms with Gasteiger partial charge in [0.25, 0.3) is 0 Å². The zero-order valence-corrected chi connectivity index (χ0v) is 7.26. The fraction of sp³-hybridized carbons (Fsp3) is 0.250. The number of hydrogen-bond donors (Lipinski definition) is 1. The van der Waals surface area contributed by atoms with Gasteiger partial charge in [0.05, 0.1) is 5.45 Å². The van der Waals surface area contributed by atoms with Gasteiger partial charge in [-0.3, -0.25) is 0 Å². The van der Waals surface area contributed by atoms with Gasteiger partial charge in [-0.05, 0) is 5.56 Å². The van der Waals surface area contributed by atoms with Crippen LogP contribution in [0, 0.1) is 0 Å². The average Bonchev–Trinajstić information content (AvgIpc) is 2.03. The molecule has 54 valence electrons. The standard InChI is InChI=1S/C8H10BrN/c9-7-10-6-8-4-2-1-3-5-8/h1-5,10H,6-7H2. The van der Waals surface area contributed by atoms with E-state index in [0.717, 1.165) is 12.0 Å². The molecule has 0 aliphatic carbocycles. The van der Waals surface area contributed by atoms with E-state index in [-0.39, 0.29) is 0 Å². The molecule has 0 atom stereocenters. The van der Waals surface area contributed by atoms with Gasteiger partial charge in [0.1, 0.15) is 0 Å². The van der Waals surface area contributed by atoms with Crippen molar-refractivity contribution in [1.82, 2.24) is 5.32 Å². The number of benzene rings is 1. The van der Waals surface area contributed by atoms with Crippen LogP contribution in [0.5, 0.6) is 0 Å². The molecule has 1 nitrogen and oxygen atoms in total. The molecule has 0 saturated carbocycles. The Bertz CT molecular complexity index is 174. The zero-order chi connectivity index (χ0) is 7.23. The summed E-state index contributed by atoms with van der Waals surface area (Å²) in [6.45, 7) is 0.937. The maximum Gasteiger partial charge on any atom is 0.0519 e. The van der Waals surface area contributed by atoms with E-state index < -0.39 is 0 Å². The molecule has 1 aromatic rings. The van der Waals surface area contributed by atoms with E-state index in [1.807, 2.05) is 18.2 Å². The number of halogens is 1. The highest BCUT2D eigenvalue weighted by molar-refractivity contribution is 9.09. The van der Waals surface area contributed by atoms with E-state index in [9.17, 15) is 0 Å². The van der Waals surface area contributed by atoms with Crippen LogP contribution in [-0.2, 0) is 6.54 Å². The van der Waals surface area contributed by atoms with E-state index in [0.29, 0.717) is 0 Å². The highest BCUT2D eigenvalue weighted by Gasteiger charge is 1.86. The number of rotatable bonds is 3. The Hall–Kier alpha value is -0.340. The number of alkyl halides is 1. The lowest BCUT2D eigenvalue weighted by atomic mass is 10.2. The number of nitrogens with one attached hydrogen (secondary N) is 1. The maximum absolute atomic E-state index is 3.30. The molecule has 0 fully saturated rings. The Morgan fingerprint density at radius 1 is 1.20 bits per heavy atom. The van der Waals surface area contributed by atoms with Crippen molar-refractivity contribution >= 4 is 15.9 Å². The SMILES string of the molecule is BrCNCc1ccccc1. The lowest BCUT2D eigenvalue weighted by Gasteiger charge is -1.98. The van der Waals surface area contributed by atoms with Crippen LogP contribution in [0.25, 0.3) is 0 Å². The second kappa shape index (κ2) is 4.47. The van der Waals surface area contributed by atoms with Gasteiger partial charge < -0.3 is 5.32 Å². The van der Waals surface area contributed by atoms with Gasteiger partial charge in [-0.15, -0.1) is 0 Å². The maximum atomic E-state index is 3.30. The molecule has 0 spiro atoms. The highest BCUT2D eigenvalue weighted by atomic mass is 79.9. The van der Waals surface area contributed by atoms with E-state index >= 15 is 0 Å². The molecule has 2 heteroatoms. The Kier molecular flexibility index (Phi) is 3.47. The minimum absolute atomic E-state index is 0.849. The monoisotopic (exact) mass is 199 g/mol. The van der Waals surface area contributed by atoms with Gasteiger partial charge in [0.15, 0.2) is 0 Å². The van der Waals surface area contributed by atoms with E-state index in [4.69, 9.17) is 0 Å². The summed E-state index contributed by atoms with van der Waals surface area (Å²) < 4.78 is 0. The predicted octanol–water partition coefficient (Wildman–Crippen LogP) is 2.13. The van der Waals surface area contributed by atoms with Crippen molar-refractivity contribution in [1.29, 1.82) is 0 Å². The Morgan fingerprint density at radius 2 is 1.90 bits per heavy atom. The van der Waals surface area contributed by atoms with Crippen LogP contribution in [0.15, 0.2) is 30.3 Å². The fourth-order valence-electron chi connectivity index (χ4n) is 0.787. The first kappa shape index (κ1) is 7.76. The molecule has 0 heterocycles. The van der Waals surface area contributed by atoms with Crippen LogP contribution in [0.3, 0.4) is 0 Å². The fourth-order valence-corrected chi connectivity index (χ4v) is 0.986. The molecule has 0 aliphatic heterocycles. The molecule has 0 unspecified atom stereocenters. The summed E-state index contributed by atoms with van der Waals surface area (Å²) in [6, 6.07) is 10.3. The van der Waals surface area contributed by atoms with Crippen LogP contribution in [0.1, 0.15) is 5.56 Å². The molecule has 0 saturated heterocycles. The normalized spacial score (nSPS) is 9.70. The quantitative estimate of drug-likeness (QED) is 0.582. The third-order valence-electron chi connectivity index (χ3n) is 1.27. The molecular formula is C8H10BrN. The summed E-state index contributed by atoms with van der Waals surface area (Å²) in [5, 5.41) is 3.18. The van der Waals surface area contributed by atoms with Crippen molar-refractivity contribution < 1.29 is 0 Å². The van der Waals surface area contributed by atoms with Gasteiger partial charge in [0.2, 0.25) is 0 Å². The van der Waals surface area contributed by atoms with Gasteiger partial charge in [0, 0.05) is 6.54 Å². The van der Waals surface area contributed by atoms with Crippen molar-refractivity contribution in [3.63, 3.8) is 0 Å². The largest absolute Gasteiger partial charge is 0.303 e. The van der Waals surface area contributed by atoms with E-state index in [1.54, 1.807) is 0 Å². The summed E-state index contributed by atoms with van der Waals surface area (Å²) in [6.07, 6.45) is 0. The molecule has 1 aromatic carbocycles. The van der Waals surface area contributed by atoms with Crippen LogP contribution in [0.4, 0.5) is 0 Å². The summed E-state index contributed by atoms with van der Waals surface area (Å²) in [5.41, 5.74) is 2.17. The topological polar surface area (TPSA) is 12.0 Å². The van der Waals surface area contributed by atoms with Crippen molar-refractivity contribution in [2.75, 3.05) is 5.45 Å². The molecule has 10 heavy (non-hydrogen) atoms. The van der Waals surface area contributed by atoms with Crippen LogP contribution >= 0.6 is 15.9 Å². The van der Waals surface area contributed by atoms with E-state index in [2.05, 4.69) is 33.4 Å². The summed E-state index contributed by atoms with van der Waals surface area (Å²) in [4.78, 5) is 0. The van der Waals surface area contributed by atoms with Crippen LogP contribution in [-0.4, -0.2) is 5.45 Å². The second-order valence-corrected chi connectivity index (χ2v) is 2.61. The smallest absolute Gasteiger partial charge is 0.0519 e. The minimum Gasteiger partial charge on any atom is -0.303 e. The van der Waals surface area contributed by atoms with Gasteiger partial charge in [-0.1, -0.05) is 46.3 Å². The second-order valence-electron chi connectivity index (χ2n) is 2.05. The van der Waals surface area contributed by atoms with Crippen LogP contribution < -0.4 is 5.32 Å². The summed E-state index contributed by atoms with van der Waals surface area (Å²) >= 11 is 3.30. The third kappa shape index (κ3) is 2.50. The van der Waals surface area contributed by atoms with Gasteiger partial charge in [-0.25, -0.2) is 0 Å². The first-order chi connectivity index (χ1) is 4.93. The lowest BCUT2D eigenvalue weighted by molar-refractivity contribution is 0.802. The number of hydrogen-bond acceptors (Lipinski definition) is 1. The van der Waals surface area contributed by atoms with Crippen LogP contribution in [0.2, 0.25) is 0 Å². The molecule has 1 rings (SSSR count). The first-order valence-electron chi connectivity index (χ1n) is 3.24.